The first kappa shape index (κ1) is 16.4. The minimum Gasteiger partial charge on any atom is -0.493 e. The van der Waals surface area contributed by atoms with Crippen molar-refractivity contribution >= 4 is 23.2 Å². The molecule has 0 aromatic heterocycles. The van der Waals surface area contributed by atoms with Crippen LogP contribution in [-0.2, 0) is 9.59 Å². The van der Waals surface area contributed by atoms with E-state index in [9.17, 15) is 9.59 Å². The van der Waals surface area contributed by atoms with Gasteiger partial charge in [-0.05, 0) is 24.3 Å². The number of anilines is 2. The van der Waals surface area contributed by atoms with E-state index >= 15 is 0 Å². The Balaban J connectivity index is 1.93. The van der Waals surface area contributed by atoms with Crippen LogP contribution in [0.1, 0.15) is 6.42 Å². The summed E-state index contributed by atoms with van der Waals surface area (Å²) < 4.78 is 10.3. The molecular weight excluding hydrogens is 296 g/mol. The molecule has 0 bridgehead atoms. The lowest BCUT2D eigenvalue weighted by Gasteiger charge is -2.10. The van der Waals surface area contributed by atoms with Crippen molar-refractivity contribution in [3.8, 4) is 11.5 Å². The highest BCUT2D eigenvalue weighted by molar-refractivity contribution is 6.08. The minimum absolute atomic E-state index is 0.275. The molecule has 0 unspecified atom stereocenters. The van der Waals surface area contributed by atoms with Gasteiger partial charge in [0.15, 0.2) is 11.5 Å². The van der Waals surface area contributed by atoms with Crippen LogP contribution in [0.3, 0.4) is 0 Å². The molecule has 0 fully saturated rings. The lowest BCUT2D eigenvalue weighted by atomic mass is 10.2. The summed E-state index contributed by atoms with van der Waals surface area (Å²) in [4.78, 5) is 23.7. The summed E-state index contributed by atoms with van der Waals surface area (Å²) >= 11 is 0. The number of benzene rings is 2. The molecule has 0 spiro atoms. The fourth-order valence-corrected chi connectivity index (χ4v) is 1.99. The maximum atomic E-state index is 11.9. The number of ether oxygens (including phenoxy) is 2. The van der Waals surface area contributed by atoms with Gasteiger partial charge in [0.1, 0.15) is 6.42 Å². The second-order valence-corrected chi connectivity index (χ2v) is 4.71. The Bertz CT molecular complexity index is 686. The van der Waals surface area contributed by atoms with Crippen LogP contribution >= 0.6 is 0 Å². The second-order valence-electron chi connectivity index (χ2n) is 4.71. The van der Waals surface area contributed by atoms with Crippen LogP contribution in [0.5, 0.6) is 11.5 Å². The molecule has 0 saturated heterocycles. The van der Waals surface area contributed by atoms with Crippen LogP contribution in [-0.4, -0.2) is 26.0 Å². The fraction of sp³-hybridized carbons (Fsp3) is 0.176. The number of hydrogen-bond donors (Lipinski definition) is 2. The van der Waals surface area contributed by atoms with Gasteiger partial charge in [-0.3, -0.25) is 9.59 Å². The lowest BCUT2D eigenvalue weighted by molar-refractivity contribution is -0.123. The van der Waals surface area contributed by atoms with Crippen LogP contribution in [0.25, 0.3) is 0 Å². The highest BCUT2D eigenvalue weighted by atomic mass is 16.5. The number of amides is 2. The van der Waals surface area contributed by atoms with E-state index in [2.05, 4.69) is 10.6 Å². The number of rotatable bonds is 6. The van der Waals surface area contributed by atoms with Crippen LogP contribution in [0, 0.1) is 0 Å². The van der Waals surface area contributed by atoms with Crippen molar-refractivity contribution in [2.24, 2.45) is 0 Å². The molecule has 23 heavy (non-hydrogen) atoms. The molecule has 0 atom stereocenters. The number of carbonyl (C=O) groups is 2. The first-order valence-corrected chi connectivity index (χ1v) is 6.99. The molecule has 0 heterocycles. The summed E-state index contributed by atoms with van der Waals surface area (Å²) in [5, 5.41) is 5.30. The normalized spacial score (nSPS) is 9.83. The van der Waals surface area contributed by atoms with Crippen molar-refractivity contribution in [2.45, 2.75) is 6.42 Å². The van der Waals surface area contributed by atoms with Gasteiger partial charge in [-0.2, -0.15) is 0 Å². The van der Waals surface area contributed by atoms with Crippen molar-refractivity contribution in [3.63, 3.8) is 0 Å². The Kier molecular flexibility index (Phi) is 5.57. The zero-order valence-electron chi connectivity index (χ0n) is 13.0. The van der Waals surface area contributed by atoms with Gasteiger partial charge in [-0.15, -0.1) is 0 Å². The summed E-state index contributed by atoms with van der Waals surface area (Å²) in [6.07, 6.45) is -0.275. The number of methoxy groups -OCH3 is 2. The van der Waals surface area contributed by atoms with Crippen LogP contribution in [0.2, 0.25) is 0 Å². The van der Waals surface area contributed by atoms with Gasteiger partial charge in [-0.1, -0.05) is 18.2 Å². The predicted octanol–water partition coefficient (Wildman–Crippen LogP) is 2.67. The average Bonchev–Trinajstić information content (AvgIpc) is 2.55. The van der Waals surface area contributed by atoms with E-state index in [1.807, 2.05) is 6.07 Å². The number of hydrogen-bond acceptors (Lipinski definition) is 4. The summed E-state index contributed by atoms with van der Waals surface area (Å²) in [6, 6.07) is 13.9. The zero-order chi connectivity index (χ0) is 16.7. The molecule has 120 valence electrons. The van der Waals surface area contributed by atoms with Gasteiger partial charge >= 0.3 is 0 Å². The molecular formula is C17H18N2O4. The molecule has 0 radical (unpaired) electrons. The van der Waals surface area contributed by atoms with Crippen molar-refractivity contribution in [1.82, 2.24) is 0 Å². The summed E-state index contributed by atoms with van der Waals surface area (Å²) in [5.74, 6) is 0.270. The third-order valence-corrected chi connectivity index (χ3v) is 3.05. The van der Waals surface area contributed by atoms with E-state index in [1.54, 1.807) is 42.5 Å². The maximum absolute atomic E-state index is 11.9. The van der Waals surface area contributed by atoms with Gasteiger partial charge < -0.3 is 20.1 Å². The number of carbonyl (C=O) groups excluding carboxylic acids is 2. The van der Waals surface area contributed by atoms with Crippen LogP contribution < -0.4 is 20.1 Å². The molecule has 0 saturated carbocycles. The summed E-state index contributed by atoms with van der Waals surface area (Å²) in [5.41, 5.74) is 1.18. The largest absolute Gasteiger partial charge is 0.493 e. The maximum Gasteiger partial charge on any atom is 0.233 e. The molecule has 2 rings (SSSR count). The molecule has 0 aliphatic rings. The van der Waals surface area contributed by atoms with E-state index in [4.69, 9.17) is 9.47 Å². The van der Waals surface area contributed by atoms with Crippen molar-refractivity contribution in [3.05, 3.63) is 48.5 Å². The first-order valence-electron chi connectivity index (χ1n) is 6.99. The van der Waals surface area contributed by atoms with Gasteiger partial charge in [0.25, 0.3) is 0 Å². The van der Waals surface area contributed by atoms with E-state index in [1.165, 1.54) is 14.2 Å². The smallest absolute Gasteiger partial charge is 0.233 e. The Hall–Kier alpha value is -3.02. The molecule has 2 aromatic carbocycles. The van der Waals surface area contributed by atoms with Crippen LogP contribution in [0.4, 0.5) is 11.4 Å². The van der Waals surface area contributed by atoms with Crippen molar-refractivity contribution in [1.29, 1.82) is 0 Å². The zero-order valence-corrected chi connectivity index (χ0v) is 13.0. The number of nitrogens with one attached hydrogen (secondary N) is 2. The summed E-state index contributed by atoms with van der Waals surface area (Å²) in [6.45, 7) is 0. The third kappa shape index (κ3) is 4.74. The van der Waals surface area contributed by atoms with E-state index in [0.717, 1.165) is 0 Å². The van der Waals surface area contributed by atoms with Gasteiger partial charge in [-0.25, -0.2) is 0 Å². The van der Waals surface area contributed by atoms with E-state index < -0.39 is 5.91 Å². The van der Waals surface area contributed by atoms with Gasteiger partial charge in [0.2, 0.25) is 11.8 Å². The molecule has 6 nitrogen and oxygen atoms in total. The second kappa shape index (κ2) is 7.84. The molecule has 2 N–H and O–H groups in total. The molecule has 2 amide bonds. The standard InChI is InChI=1S/C17H18N2O4/c1-22-14-9-8-13(10-15(14)23-2)19-17(21)11-16(20)18-12-6-4-3-5-7-12/h3-10H,11H2,1-2H3,(H,18,20)(H,19,21). The quantitative estimate of drug-likeness (QED) is 0.804. The van der Waals surface area contributed by atoms with E-state index in [-0.39, 0.29) is 12.3 Å². The van der Waals surface area contributed by atoms with Crippen molar-refractivity contribution < 1.29 is 19.1 Å². The first-order chi connectivity index (χ1) is 11.1. The van der Waals surface area contributed by atoms with Gasteiger partial charge in [0.05, 0.1) is 14.2 Å². The average molecular weight is 314 g/mol. The van der Waals surface area contributed by atoms with Crippen LogP contribution in [0.15, 0.2) is 48.5 Å². The Morgan fingerprint density at radius 2 is 1.43 bits per heavy atom. The minimum atomic E-state index is -0.411. The monoisotopic (exact) mass is 314 g/mol. The predicted molar refractivity (Wildman–Crippen MR) is 87.9 cm³/mol. The molecule has 0 aliphatic heterocycles. The Morgan fingerprint density at radius 3 is 2.04 bits per heavy atom. The topological polar surface area (TPSA) is 76.7 Å². The van der Waals surface area contributed by atoms with E-state index in [0.29, 0.717) is 22.9 Å². The van der Waals surface area contributed by atoms with Crippen molar-refractivity contribution in [2.75, 3.05) is 24.9 Å². The highest BCUT2D eigenvalue weighted by Crippen LogP contribution is 2.29. The Labute approximate surface area is 134 Å². The summed E-state index contributed by atoms with van der Waals surface area (Å²) in [7, 11) is 3.04. The fourth-order valence-electron chi connectivity index (χ4n) is 1.99. The molecule has 0 aliphatic carbocycles. The highest BCUT2D eigenvalue weighted by Gasteiger charge is 2.11. The lowest BCUT2D eigenvalue weighted by Crippen LogP contribution is -2.21. The molecule has 2 aromatic rings. The van der Waals surface area contributed by atoms with Gasteiger partial charge in [0, 0.05) is 17.4 Å². The SMILES string of the molecule is COc1ccc(NC(=O)CC(=O)Nc2ccccc2)cc1OC. The third-order valence-electron chi connectivity index (χ3n) is 3.05. The molecule has 6 heteroatoms. The number of para-hydroxylation sites is 1. The Morgan fingerprint density at radius 1 is 0.826 bits per heavy atom.